The van der Waals surface area contributed by atoms with E-state index >= 15 is 0 Å². The Morgan fingerprint density at radius 2 is 2.17 bits per heavy atom. The van der Waals surface area contributed by atoms with Gasteiger partial charge in [0, 0.05) is 11.3 Å². The molecule has 4 heteroatoms. The SMILES string of the molecule is Cc1nn(Cc2cccc(C#N)c2)c(C)c1CO. The Morgan fingerprint density at radius 1 is 1.39 bits per heavy atom. The van der Waals surface area contributed by atoms with Gasteiger partial charge in [0.1, 0.15) is 0 Å². The fourth-order valence-electron chi connectivity index (χ4n) is 2.03. The number of nitriles is 1. The summed E-state index contributed by atoms with van der Waals surface area (Å²) >= 11 is 0. The van der Waals surface area contributed by atoms with Crippen LogP contribution in [0.5, 0.6) is 0 Å². The standard InChI is InChI=1S/C14H15N3O/c1-10-14(9-18)11(2)17(16-10)8-13-5-3-4-12(6-13)7-15/h3-6,18H,8-9H2,1-2H3. The summed E-state index contributed by atoms with van der Waals surface area (Å²) in [6, 6.07) is 9.60. The second kappa shape index (κ2) is 5.03. The van der Waals surface area contributed by atoms with E-state index in [4.69, 9.17) is 5.26 Å². The van der Waals surface area contributed by atoms with Crippen LogP contribution in [-0.2, 0) is 13.2 Å². The highest BCUT2D eigenvalue weighted by atomic mass is 16.3. The van der Waals surface area contributed by atoms with Gasteiger partial charge in [-0.3, -0.25) is 4.68 Å². The van der Waals surface area contributed by atoms with Crippen LogP contribution in [0.25, 0.3) is 0 Å². The summed E-state index contributed by atoms with van der Waals surface area (Å²) in [5, 5.41) is 22.5. The summed E-state index contributed by atoms with van der Waals surface area (Å²) in [5.74, 6) is 0. The first-order chi connectivity index (χ1) is 8.65. The molecule has 0 saturated carbocycles. The van der Waals surface area contributed by atoms with Crippen LogP contribution in [0.15, 0.2) is 24.3 Å². The number of benzene rings is 1. The molecule has 2 rings (SSSR count). The number of aliphatic hydroxyl groups is 1. The van der Waals surface area contributed by atoms with E-state index in [1.807, 2.05) is 36.7 Å². The Bertz CT molecular complexity index is 608. The van der Waals surface area contributed by atoms with E-state index in [0.29, 0.717) is 12.1 Å². The molecular weight excluding hydrogens is 226 g/mol. The third-order valence-electron chi connectivity index (χ3n) is 3.08. The normalized spacial score (nSPS) is 10.3. The van der Waals surface area contributed by atoms with Gasteiger partial charge in [-0.15, -0.1) is 0 Å². The zero-order chi connectivity index (χ0) is 13.1. The molecule has 0 aliphatic rings. The van der Waals surface area contributed by atoms with Gasteiger partial charge < -0.3 is 5.11 Å². The minimum absolute atomic E-state index is 0.00982. The van der Waals surface area contributed by atoms with E-state index in [2.05, 4.69) is 11.2 Å². The molecule has 0 atom stereocenters. The second-order valence-corrected chi connectivity index (χ2v) is 4.28. The lowest BCUT2D eigenvalue weighted by molar-refractivity contribution is 0.280. The molecule has 0 spiro atoms. The lowest BCUT2D eigenvalue weighted by atomic mass is 10.1. The van der Waals surface area contributed by atoms with Crippen LogP contribution >= 0.6 is 0 Å². The maximum absolute atomic E-state index is 9.26. The lowest BCUT2D eigenvalue weighted by Crippen LogP contribution is -2.04. The van der Waals surface area contributed by atoms with Crippen molar-refractivity contribution in [2.24, 2.45) is 0 Å². The quantitative estimate of drug-likeness (QED) is 0.892. The van der Waals surface area contributed by atoms with Crippen molar-refractivity contribution in [1.82, 2.24) is 9.78 Å². The topological polar surface area (TPSA) is 61.8 Å². The summed E-state index contributed by atoms with van der Waals surface area (Å²) in [5.41, 5.74) is 4.38. The van der Waals surface area contributed by atoms with Crippen molar-refractivity contribution in [2.75, 3.05) is 0 Å². The van der Waals surface area contributed by atoms with Crippen LogP contribution in [0.2, 0.25) is 0 Å². The molecule has 0 unspecified atom stereocenters. The average Bonchev–Trinajstić information content (AvgIpc) is 2.64. The summed E-state index contributed by atoms with van der Waals surface area (Å²) in [4.78, 5) is 0. The third-order valence-corrected chi connectivity index (χ3v) is 3.08. The zero-order valence-corrected chi connectivity index (χ0v) is 10.5. The number of aryl methyl sites for hydroxylation is 1. The lowest BCUT2D eigenvalue weighted by Gasteiger charge is -2.05. The van der Waals surface area contributed by atoms with Gasteiger partial charge in [0.15, 0.2) is 0 Å². The predicted octanol–water partition coefficient (Wildman–Crippen LogP) is 1.91. The summed E-state index contributed by atoms with van der Waals surface area (Å²) in [7, 11) is 0. The van der Waals surface area contributed by atoms with Crippen LogP contribution < -0.4 is 0 Å². The molecule has 18 heavy (non-hydrogen) atoms. The Kier molecular flexibility index (Phi) is 3.45. The van der Waals surface area contributed by atoms with E-state index in [9.17, 15) is 5.11 Å². The molecule has 0 bridgehead atoms. The van der Waals surface area contributed by atoms with Crippen molar-refractivity contribution in [2.45, 2.75) is 27.0 Å². The van der Waals surface area contributed by atoms with E-state index in [-0.39, 0.29) is 6.61 Å². The van der Waals surface area contributed by atoms with Crippen molar-refractivity contribution in [3.8, 4) is 6.07 Å². The van der Waals surface area contributed by atoms with Gasteiger partial charge in [0.2, 0.25) is 0 Å². The smallest absolute Gasteiger partial charge is 0.0991 e. The first-order valence-electron chi connectivity index (χ1n) is 5.78. The number of nitrogens with zero attached hydrogens (tertiary/aromatic N) is 3. The van der Waals surface area contributed by atoms with Crippen LogP contribution in [0.1, 0.15) is 28.1 Å². The van der Waals surface area contributed by atoms with E-state index in [1.54, 1.807) is 6.07 Å². The fraction of sp³-hybridized carbons (Fsp3) is 0.286. The molecule has 1 heterocycles. The molecule has 92 valence electrons. The molecule has 2 aromatic rings. The minimum atomic E-state index is 0.00982. The van der Waals surface area contributed by atoms with Gasteiger partial charge in [-0.05, 0) is 31.5 Å². The fourth-order valence-corrected chi connectivity index (χ4v) is 2.03. The van der Waals surface area contributed by atoms with Crippen LogP contribution in [-0.4, -0.2) is 14.9 Å². The molecule has 1 N–H and O–H groups in total. The highest BCUT2D eigenvalue weighted by molar-refractivity contribution is 5.33. The first kappa shape index (κ1) is 12.3. The number of hydrogen-bond acceptors (Lipinski definition) is 3. The van der Waals surface area contributed by atoms with Gasteiger partial charge in [0.25, 0.3) is 0 Å². The summed E-state index contributed by atoms with van der Waals surface area (Å²) in [6.07, 6.45) is 0. The van der Waals surface area contributed by atoms with E-state index in [1.165, 1.54) is 0 Å². The van der Waals surface area contributed by atoms with Crippen molar-refractivity contribution in [1.29, 1.82) is 5.26 Å². The van der Waals surface area contributed by atoms with Gasteiger partial charge >= 0.3 is 0 Å². The molecule has 1 aromatic heterocycles. The molecular formula is C14H15N3O. The van der Waals surface area contributed by atoms with E-state index < -0.39 is 0 Å². The van der Waals surface area contributed by atoms with Gasteiger partial charge in [-0.2, -0.15) is 10.4 Å². The Balaban J connectivity index is 2.32. The number of aromatic nitrogens is 2. The number of rotatable bonds is 3. The maximum Gasteiger partial charge on any atom is 0.0991 e. The molecule has 0 fully saturated rings. The Labute approximate surface area is 106 Å². The minimum Gasteiger partial charge on any atom is -0.392 e. The average molecular weight is 241 g/mol. The summed E-state index contributed by atoms with van der Waals surface area (Å²) < 4.78 is 1.86. The highest BCUT2D eigenvalue weighted by Gasteiger charge is 2.10. The third kappa shape index (κ3) is 2.27. The Morgan fingerprint density at radius 3 is 2.78 bits per heavy atom. The summed E-state index contributed by atoms with van der Waals surface area (Å²) in [6.45, 7) is 4.46. The second-order valence-electron chi connectivity index (χ2n) is 4.28. The van der Waals surface area contributed by atoms with Gasteiger partial charge in [-0.25, -0.2) is 0 Å². The monoisotopic (exact) mass is 241 g/mol. The number of aliphatic hydroxyl groups excluding tert-OH is 1. The zero-order valence-electron chi connectivity index (χ0n) is 10.5. The van der Waals surface area contributed by atoms with Crippen molar-refractivity contribution in [3.05, 3.63) is 52.3 Å². The molecule has 4 nitrogen and oxygen atoms in total. The largest absolute Gasteiger partial charge is 0.392 e. The van der Waals surface area contributed by atoms with Crippen molar-refractivity contribution in [3.63, 3.8) is 0 Å². The van der Waals surface area contributed by atoms with Crippen molar-refractivity contribution < 1.29 is 5.11 Å². The first-order valence-corrected chi connectivity index (χ1v) is 5.78. The molecule has 0 radical (unpaired) electrons. The molecule has 0 aliphatic carbocycles. The molecule has 0 saturated heterocycles. The Hall–Kier alpha value is -2.12. The van der Waals surface area contributed by atoms with Gasteiger partial charge in [0.05, 0.1) is 30.5 Å². The van der Waals surface area contributed by atoms with Crippen molar-refractivity contribution >= 4 is 0 Å². The van der Waals surface area contributed by atoms with E-state index in [0.717, 1.165) is 22.5 Å². The number of hydrogen-bond donors (Lipinski definition) is 1. The maximum atomic E-state index is 9.26. The van der Waals surface area contributed by atoms with Crippen LogP contribution in [0.4, 0.5) is 0 Å². The van der Waals surface area contributed by atoms with Crippen LogP contribution in [0, 0.1) is 25.2 Å². The predicted molar refractivity (Wildman–Crippen MR) is 67.9 cm³/mol. The molecule has 0 amide bonds. The van der Waals surface area contributed by atoms with Gasteiger partial charge in [-0.1, -0.05) is 12.1 Å². The molecule has 1 aromatic carbocycles. The molecule has 0 aliphatic heterocycles. The van der Waals surface area contributed by atoms with Crippen LogP contribution in [0.3, 0.4) is 0 Å². The highest BCUT2D eigenvalue weighted by Crippen LogP contribution is 2.15.